The van der Waals surface area contributed by atoms with Crippen molar-refractivity contribution in [1.82, 2.24) is 9.47 Å². The number of carbonyl (C=O) groups is 2. The van der Waals surface area contributed by atoms with Crippen LogP contribution < -0.4 is 5.32 Å². The van der Waals surface area contributed by atoms with E-state index in [0.717, 1.165) is 23.0 Å². The largest absolute Gasteiger partial charge is 0.347 e. The second-order valence-electron chi connectivity index (χ2n) is 5.75. The molecule has 0 aliphatic rings. The monoisotopic (exact) mass is 313 g/mol. The molecule has 0 radical (unpaired) electrons. The van der Waals surface area contributed by atoms with Gasteiger partial charge in [-0.3, -0.25) is 9.59 Å². The van der Waals surface area contributed by atoms with E-state index in [9.17, 15) is 9.59 Å². The number of aromatic nitrogens is 1. The molecule has 0 spiro atoms. The summed E-state index contributed by atoms with van der Waals surface area (Å²) in [7, 11) is 3.49. The maximum atomic E-state index is 12.0. The van der Waals surface area contributed by atoms with E-state index in [1.807, 2.05) is 48.0 Å². The summed E-state index contributed by atoms with van der Waals surface area (Å²) in [4.78, 5) is 25.4. The second kappa shape index (κ2) is 7.13. The van der Waals surface area contributed by atoms with Gasteiger partial charge >= 0.3 is 0 Å². The van der Waals surface area contributed by atoms with E-state index in [1.165, 1.54) is 0 Å². The summed E-state index contributed by atoms with van der Waals surface area (Å²) >= 11 is 0. The van der Waals surface area contributed by atoms with E-state index in [-0.39, 0.29) is 11.8 Å². The fraction of sp³-hybridized carbons (Fsp3) is 0.333. The molecule has 122 valence electrons. The average Bonchev–Trinajstić information content (AvgIpc) is 2.89. The zero-order chi connectivity index (χ0) is 17.0. The van der Waals surface area contributed by atoms with Crippen LogP contribution in [-0.4, -0.2) is 35.4 Å². The minimum Gasteiger partial charge on any atom is -0.347 e. The molecular formula is C18H23N3O2. The number of nitrogens with one attached hydrogen (secondary N) is 1. The van der Waals surface area contributed by atoms with E-state index >= 15 is 0 Å². The Balaban J connectivity index is 2.19. The summed E-state index contributed by atoms with van der Waals surface area (Å²) in [5, 5.41) is 3.89. The Bertz CT molecular complexity index is 757. The van der Waals surface area contributed by atoms with E-state index in [2.05, 4.69) is 5.32 Å². The Morgan fingerprint density at radius 1 is 1.26 bits per heavy atom. The van der Waals surface area contributed by atoms with Gasteiger partial charge in [0.15, 0.2) is 0 Å². The molecule has 1 N–H and O–H groups in total. The zero-order valence-corrected chi connectivity index (χ0v) is 14.1. The number of fused-ring (bicyclic) bond motifs is 1. The summed E-state index contributed by atoms with van der Waals surface area (Å²) in [6.07, 6.45) is 4.62. The van der Waals surface area contributed by atoms with Crippen LogP contribution in [0.15, 0.2) is 42.1 Å². The first-order valence-electron chi connectivity index (χ1n) is 7.69. The fourth-order valence-corrected chi connectivity index (χ4v) is 2.33. The van der Waals surface area contributed by atoms with Gasteiger partial charge in [-0.2, -0.15) is 0 Å². The highest BCUT2D eigenvalue weighted by molar-refractivity contribution is 6.04. The molecule has 0 bridgehead atoms. The molecule has 1 aromatic carbocycles. The number of allylic oxidation sites excluding steroid dienone is 1. The Morgan fingerprint density at radius 2 is 2.00 bits per heavy atom. The van der Waals surface area contributed by atoms with Crippen molar-refractivity contribution in [3.05, 3.63) is 42.1 Å². The van der Waals surface area contributed by atoms with Crippen molar-refractivity contribution in [2.24, 2.45) is 0 Å². The van der Waals surface area contributed by atoms with Gasteiger partial charge in [0.25, 0.3) is 5.91 Å². The molecule has 0 aliphatic carbocycles. The van der Waals surface area contributed by atoms with Crippen molar-refractivity contribution in [2.75, 3.05) is 19.4 Å². The predicted octanol–water partition coefficient (Wildman–Crippen LogP) is 3.02. The van der Waals surface area contributed by atoms with Crippen LogP contribution in [0.1, 0.15) is 20.3 Å². The van der Waals surface area contributed by atoms with Crippen molar-refractivity contribution in [2.45, 2.75) is 26.8 Å². The zero-order valence-electron chi connectivity index (χ0n) is 14.1. The van der Waals surface area contributed by atoms with Crippen molar-refractivity contribution in [3.8, 4) is 0 Å². The average molecular weight is 313 g/mol. The summed E-state index contributed by atoms with van der Waals surface area (Å²) in [6.45, 7) is 4.11. The fourth-order valence-electron chi connectivity index (χ4n) is 2.33. The van der Waals surface area contributed by atoms with Crippen molar-refractivity contribution >= 4 is 28.4 Å². The lowest BCUT2D eigenvalue weighted by atomic mass is 10.2. The van der Waals surface area contributed by atoms with Crippen LogP contribution in [0, 0.1) is 0 Å². The molecule has 0 atom stereocenters. The molecule has 2 aromatic rings. The number of nitrogens with zero attached hydrogens (tertiary/aromatic N) is 2. The lowest BCUT2D eigenvalue weighted by Crippen LogP contribution is -2.25. The summed E-state index contributed by atoms with van der Waals surface area (Å²) < 4.78 is 1.91. The van der Waals surface area contributed by atoms with E-state index in [4.69, 9.17) is 0 Å². The Kier molecular flexibility index (Phi) is 5.21. The first-order valence-corrected chi connectivity index (χ1v) is 7.69. The first-order chi connectivity index (χ1) is 10.9. The standard InChI is InChI=1S/C18H23N3O2/c1-5-6-13(2)18(23)19-15-7-8-16-14(11-15)9-10-21(16)12-17(22)20(3)4/h6-11H,5,12H2,1-4H3,(H,19,23)/b13-6-. The van der Waals surface area contributed by atoms with Gasteiger partial charge in [0.1, 0.15) is 6.54 Å². The highest BCUT2D eigenvalue weighted by Crippen LogP contribution is 2.21. The number of hydrogen-bond acceptors (Lipinski definition) is 2. The highest BCUT2D eigenvalue weighted by atomic mass is 16.2. The third-order valence-electron chi connectivity index (χ3n) is 3.70. The number of rotatable bonds is 5. The molecule has 0 saturated heterocycles. The number of benzene rings is 1. The number of hydrogen-bond donors (Lipinski definition) is 1. The van der Waals surface area contributed by atoms with Gasteiger partial charge in [-0.1, -0.05) is 13.0 Å². The van der Waals surface area contributed by atoms with Crippen molar-refractivity contribution < 1.29 is 9.59 Å². The van der Waals surface area contributed by atoms with Crippen LogP contribution in [0.3, 0.4) is 0 Å². The SMILES string of the molecule is CC/C=C(/C)C(=O)Nc1ccc2c(ccn2CC(=O)N(C)C)c1. The van der Waals surface area contributed by atoms with Crippen molar-refractivity contribution in [3.63, 3.8) is 0 Å². The molecule has 1 aromatic heterocycles. The van der Waals surface area contributed by atoms with E-state index in [0.29, 0.717) is 12.1 Å². The van der Waals surface area contributed by atoms with Gasteiger partial charge in [-0.25, -0.2) is 0 Å². The van der Waals surface area contributed by atoms with Crippen molar-refractivity contribution in [1.29, 1.82) is 0 Å². The number of anilines is 1. The molecule has 5 nitrogen and oxygen atoms in total. The molecule has 5 heteroatoms. The van der Waals surface area contributed by atoms with Gasteiger partial charge in [-0.05, 0) is 37.6 Å². The lowest BCUT2D eigenvalue weighted by molar-refractivity contribution is -0.129. The normalized spacial score (nSPS) is 11.6. The third-order valence-corrected chi connectivity index (χ3v) is 3.70. The molecule has 0 fully saturated rings. The van der Waals surface area contributed by atoms with Crippen LogP contribution in [0.5, 0.6) is 0 Å². The van der Waals surface area contributed by atoms with Crippen LogP contribution in [0.25, 0.3) is 10.9 Å². The molecule has 0 unspecified atom stereocenters. The van der Waals surface area contributed by atoms with Crippen LogP contribution in [0.2, 0.25) is 0 Å². The topological polar surface area (TPSA) is 54.3 Å². The van der Waals surface area contributed by atoms with Crippen LogP contribution in [-0.2, 0) is 16.1 Å². The van der Waals surface area contributed by atoms with Gasteiger partial charge in [-0.15, -0.1) is 0 Å². The smallest absolute Gasteiger partial charge is 0.250 e. The quantitative estimate of drug-likeness (QED) is 0.863. The number of carbonyl (C=O) groups excluding carboxylic acids is 2. The van der Waals surface area contributed by atoms with Crippen LogP contribution in [0.4, 0.5) is 5.69 Å². The molecule has 0 saturated carbocycles. The highest BCUT2D eigenvalue weighted by Gasteiger charge is 2.09. The summed E-state index contributed by atoms with van der Waals surface area (Å²) in [5.74, 6) is -0.0476. The second-order valence-corrected chi connectivity index (χ2v) is 5.75. The molecule has 0 aliphatic heterocycles. The summed E-state index contributed by atoms with van der Waals surface area (Å²) in [5.41, 5.74) is 2.43. The van der Waals surface area contributed by atoms with E-state index in [1.54, 1.807) is 25.9 Å². The lowest BCUT2D eigenvalue weighted by Gasteiger charge is -2.12. The van der Waals surface area contributed by atoms with Gasteiger partial charge in [0.05, 0.1) is 0 Å². The Morgan fingerprint density at radius 3 is 2.65 bits per heavy atom. The Hall–Kier alpha value is -2.56. The minimum atomic E-state index is -0.0894. The van der Waals surface area contributed by atoms with Gasteiger partial charge in [0.2, 0.25) is 5.91 Å². The van der Waals surface area contributed by atoms with E-state index < -0.39 is 0 Å². The van der Waals surface area contributed by atoms with Crippen LogP contribution >= 0.6 is 0 Å². The molecule has 2 amide bonds. The minimum absolute atomic E-state index is 0.0419. The molecule has 23 heavy (non-hydrogen) atoms. The molecule has 1 heterocycles. The number of likely N-dealkylation sites (N-methyl/N-ethyl adjacent to an activating group) is 1. The molecular weight excluding hydrogens is 290 g/mol. The van der Waals surface area contributed by atoms with Gasteiger partial charge in [0, 0.05) is 42.5 Å². The maximum absolute atomic E-state index is 12.0. The molecule has 2 rings (SSSR count). The predicted molar refractivity (Wildman–Crippen MR) is 93.3 cm³/mol. The van der Waals surface area contributed by atoms with Gasteiger partial charge < -0.3 is 14.8 Å². The third kappa shape index (κ3) is 4.00. The number of amides is 2. The maximum Gasteiger partial charge on any atom is 0.250 e. The first kappa shape index (κ1) is 16.8. The summed E-state index contributed by atoms with van der Waals surface area (Å²) in [6, 6.07) is 7.65. The Labute approximate surface area is 136 Å².